The molecule has 3 heteroatoms. The molecule has 0 N–H and O–H groups in total. The minimum Gasteiger partial charge on any atom is -0.492 e. The molecule has 0 amide bonds. The quantitative estimate of drug-likeness (QED) is 0.596. The van der Waals surface area contributed by atoms with Gasteiger partial charge in [-0.25, -0.2) is 0 Å². The Balaban J connectivity index is 2.32. The van der Waals surface area contributed by atoms with Gasteiger partial charge in [-0.15, -0.1) is 12.6 Å². The first kappa shape index (κ1) is 10.8. The van der Waals surface area contributed by atoms with Gasteiger partial charge in [0.25, 0.3) is 0 Å². The maximum Gasteiger partial charge on any atom is 0.132 e. The molecule has 0 spiro atoms. The first-order valence-corrected chi connectivity index (χ1v) is 6.08. The van der Waals surface area contributed by atoms with E-state index in [0.29, 0.717) is 0 Å². The fourth-order valence-electron chi connectivity index (χ4n) is 0.965. The predicted octanol–water partition coefficient (Wildman–Crippen LogP) is 3.11. The van der Waals surface area contributed by atoms with Crippen LogP contribution in [0.1, 0.15) is 6.42 Å². The van der Waals surface area contributed by atoms with Crippen molar-refractivity contribution in [3.63, 3.8) is 0 Å². The van der Waals surface area contributed by atoms with Crippen LogP contribution in [0.25, 0.3) is 0 Å². The van der Waals surface area contributed by atoms with E-state index in [9.17, 15) is 0 Å². The highest BCUT2D eigenvalue weighted by Gasteiger charge is 1.96. The highest BCUT2D eigenvalue weighted by Crippen LogP contribution is 2.21. The maximum absolute atomic E-state index is 5.55. The summed E-state index contributed by atoms with van der Waals surface area (Å²) < 4.78 is 5.55. The van der Waals surface area contributed by atoms with Crippen LogP contribution in [-0.4, -0.2) is 18.6 Å². The van der Waals surface area contributed by atoms with Gasteiger partial charge in [0.1, 0.15) is 5.75 Å². The summed E-state index contributed by atoms with van der Waals surface area (Å²) in [5, 5.41) is 0. The zero-order valence-electron chi connectivity index (χ0n) is 7.69. The van der Waals surface area contributed by atoms with Crippen molar-refractivity contribution in [1.29, 1.82) is 0 Å². The van der Waals surface area contributed by atoms with E-state index in [2.05, 4.69) is 18.9 Å². The largest absolute Gasteiger partial charge is 0.492 e. The Hall–Kier alpha value is -0.280. The van der Waals surface area contributed by atoms with Gasteiger partial charge in [0, 0.05) is 4.90 Å². The molecule has 1 nitrogen and oxygen atoms in total. The van der Waals surface area contributed by atoms with Crippen LogP contribution in [0.2, 0.25) is 0 Å². The van der Waals surface area contributed by atoms with Crippen LogP contribution in [-0.2, 0) is 0 Å². The summed E-state index contributed by atoms with van der Waals surface area (Å²) in [4.78, 5) is 0.909. The minimum absolute atomic E-state index is 0.776. The van der Waals surface area contributed by atoms with Crippen LogP contribution in [0.4, 0.5) is 0 Å². The molecule has 1 aromatic carbocycles. The number of thiol groups is 1. The molecule has 0 heterocycles. The molecular formula is C10H14OS2. The van der Waals surface area contributed by atoms with Crippen molar-refractivity contribution in [3.05, 3.63) is 24.3 Å². The van der Waals surface area contributed by atoms with Crippen molar-refractivity contribution < 1.29 is 4.74 Å². The second-order valence-electron chi connectivity index (χ2n) is 2.66. The fourth-order valence-corrected chi connectivity index (χ4v) is 1.60. The third kappa shape index (κ3) is 3.96. The van der Waals surface area contributed by atoms with Gasteiger partial charge in [-0.05, 0) is 30.6 Å². The highest BCUT2D eigenvalue weighted by atomic mass is 32.2. The Morgan fingerprint density at radius 3 is 2.85 bits per heavy atom. The average molecular weight is 214 g/mol. The third-order valence-corrected chi connectivity index (χ3v) is 2.68. The smallest absolute Gasteiger partial charge is 0.132 e. The Bertz CT molecular complexity index is 250. The maximum atomic E-state index is 5.55. The lowest BCUT2D eigenvalue weighted by molar-refractivity contribution is 0.311. The summed E-state index contributed by atoms with van der Waals surface area (Å²) in [6.07, 6.45) is 3.19. The molecule has 1 rings (SSSR count). The van der Waals surface area contributed by atoms with Crippen LogP contribution in [0, 0.1) is 0 Å². The summed E-state index contributed by atoms with van der Waals surface area (Å²) in [6, 6.07) is 7.80. The van der Waals surface area contributed by atoms with Gasteiger partial charge in [-0.3, -0.25) is 0 Å². The number of thioether (sulfide) groups is 1. The molecule has 0 saturated carbocycles. The predicted molar refractivity (Wildman–Crippen MR) is 62.2 cm³/mol. The number of benzene rings is 1. The van der Waals surface area contributed by atoms with Gasteiger partial charge < -0.3 is 4.74 Å². The molecule has 0 radical (unpaired) electrons. The SMILES string of the molecule is CSCCCOc1ccccc1S. The molecular weight excluding hydrogens is 200 g/mol. The zero-order chi connectivity index (χ0) is 9.52. The summed E-state index contributed by atoms with van der Waals surface area (Å²) in [7, 11) is 0. The molecule has 0 fully saturated rings. The molecule has 72 valence electrons. The van der Waals surface area contributed by atoms with Gasteiger partial charge >= 0.3 is 0 Å². The van der Waals surface area contributed by atoms with E-state index in [1.165, 1.54) is 0 Å². The number of hydrogen-bond acceptors (Lipinski definition) is 3. The van der Waals surface area contributed by atoms with Crippen LogP contribution in [0.5, 0.6) is 5.75 Å². The lowest BCUT2D eigenvalue weighted by Gasteiger charge is -2.06. The van der Waals surface area contributed by atoms with Crippen molar-refractivity contribution in [2.24, 2.45) is 0 Å². The zero-order valence-corrected chi connectivity index (χ0v) is 9.41. The van der Waals surface area contributed by atoms with Crippen molar-refractivity contribution in [3.8, 4) is 5.75 Å². The van der Waals surface area contributed by atoms with Gasteiger partial charge in [0.05, 0.1) is 6.61 Å². The summed E-state index contributed by atoms with van der Waals surface area (Å²) in [5.41, 5.74) is 0. The highest BCUT2D eigenvalue weighted by molar-refractivity contribution is 7.98. The number of ether oxygens (including phenoxy) is 1. The van der Waals surface area contributed by atoms with E-state index in [0.717, 1.165) is 29.4 Å². The first-order valence-electron chi connectivity index (χ1n) is 4.24. The monoisotopic (exact) mass is 214 g/mol. The Morgan fingerprint density at radius 1 is 1.38 bits per heavy atom. The Kier molecular flexibility index (Phi) is 5.16. The molecule has 13 heavy (non-hydrogen) atoms. The summed E-state index contributed by atoms with van der Waals surface area (Å²) >= 11 is 6.13. The molecule has 0 saturated heterocycles. The molecule has 0 aliphatic rings. The lowest BCUT2D eigenvalue weighted by Crippen LogP contribution is -1.98. The van der Waals surface area contributed by atoms with Crippen molar-refractivity contribution in [2.45, 2.75) is 11.3 Å². The normalized spacial score (nSPS) is 10.0. The van der Waals surface area contributed by atoms with Gasteiger partial charge in [-0.2, -0.15) is 11.8 Å². The molecule has 0 aliphatic carbocycles. The molecule has 0 aromatic heterocycles. The van der Waals surface area contributed by atoms with Crippen molar-refractivity contribution in [2.75, 3.05) is 18.6 Å². The van der Waals surface area contributed by atoms with E-state index in [1.54, 1.807) is 0 Å². The van der Waals surface area contributed by atoms with Gasteiger partial charge in [-0.1, -0.05) is 12.1 Å². The number of rotatable bonds is 5. The Labute approximate surface area is 89.3 Å². The number of para-hydroxylation sites is 1. The van der Waals surface area contributed by atoms with Crippen LogP contribution < -0.4 is 4.74 Å². The van der Waals surface area contributed by atoms with E-state index >= 15 is 0 Å². The summed E-state index contributed by atoms with van der Waals surface area (Å²) in [5.74, 6) is 2.03. The van der Waals surface area contributed by atoms with Gasteiger partial charge in [0.15, 0.2) is 0 Å². The third-order valence-electron chi connectivity index (χ3n) is 1.62. The van der Waals surface area contributed by atoms with Crippen molar-refractivity contribution >= 4 is 24.4 Å². The van der Waals surface area contributed by atoms with Crippen molar-refractivity contribution in [1.82, 2.24) is 0 Å². The molecule has 1 aromatic rings. The summed E-state index contributed by atoms with van der Waals surface area (Å²) in [6.45, 7) is 0.776. The molecule has 0 bridgehead atoms. The average Bonchev–Trinajstić information content (AvgIpc) is 2.15. The molecule has 0 atom stereocenters. The second kappa shape index (κ2) is 6.22. The lowest BCUT2D eigenvalue weighted by atomic mass is 10.3. The van der Waals surface area contributed by atoms with E-state index in [-0.39, 0.29) is 0 Å². The molecule has 0 unspecified atom stereocenters. The molecule has 0 aliphatic heterocycles. The van der Waals surface area contributed by atoms with Crippen LogP contribution in [0.15, 0.2) is 29.2 Å². The minimum atomic E-state index is 0.776. The van der Waals surface area contributed by atoms with Crippen LogP contribution >= 0.6 is 24.4 Å². The topological polar surface area (TPSA) is 9.23 Å². The first-order chi connectivity index (χ1) is 6.34. The van der Waals surface area contributed by atoms with Gasteiger partial charge in [0.2, 0.25) is 0 Å². The Morgan fingerprint density at radius 2 is 2.15 bits per heavy atom. The van der Waals surface area contributed by atoms with Crippen LogP contribution in [0.3, 0.4) is 0 Å². The van der Waals surface area contributed by atoms with E-state index in [4.69, 9.17) is 4.74 Å². The van der Waals surface area contributed by atoms with E-state index in [1.807, 2.05) is 36.0 Å². The number of hydrogen-bond donors (Lipinski definition) is 1. The van der Waals surface area contributed by atoms with E-state index < -0.39 is 0 Å². The fraction of sp³-hybridized carbons (Fsp3) is 0.400. The second-order valence-corrected chi connectivity index (χ2v) is 4.13. The standard InChI is InChI=1S/C10H14OS2/c1-13-8-4-7-11-9-5-2-3-6-10(9)12/h2-3,5-6,12H,4,7-8H2,1H3.